The Balaban J connectivity index is 1.65. The zero-order valence-electron chi connectivity index (χ0n) is 24.3. The molecule has 10 heteroatoms. The fourth-order valence-electron chi connectivity index (χ4n) is 4.98. The number of thiazole rings is 1. The predicted molar refractivity (Wildman–Crippen MR) is 165 cm³/mol. The van der Waals surface area contributed by atoms with Crippen molar-refractivity contribution in [3.05, 3.63) is 83.2 Å². The molecule has 0 saturated carbocycles. The van der Waals surface area contributed by atoms with Crippen molar-refractivity contribution in [1.82, 2.24) is 4.98 Å². The minimum Gasteiger partial charge on any atom is -0.507 e. The molecule has 0 spiro atoms. The number of fused-ring (bicyclic) bond motifs is 1. The van der Waals surface area contributed by atoms with Crippen molar-refractivity contribution in [3.8, 4) is 17.2 Å². The number of rotatable bonds is 12. The van der Waals surface area contributed by atoms with E-state index in [0.29, 0.717) is 48.1 Å². The Morgan fingerprint density at radius 2 is 1.70 bits per heavy atom. The van der Waals surface area contributed by atoms with Gasteiger partial charge in [-0.1, -0.05) is 37.2 Å². The van der Waals surface area contributed by atoms with Gasteiger partial charge in [-0.15, -0.1) is 0 Å². The van der Waals surface area contributed by atoms with Crippen LogP contribution in [0.4, 0.5) is 9.52 Å². The normalized spacial score (nSPS) is 16.2. The van der Waals surface area contributed by atoms with Crippen molar-refractivity contribution in [3.63, 3.8) is 0 Å². The predicted octanol–water partition coefficient (Wildman–Crippen LogP) is 7.43. The number of amides is 1. The zero-order chi connectivity index (χ0) is 30.5. The van der Waals surface area contributed by atoms with Crippen molar-refractivity contribution >= 4 is 44.1 Å². The highest BCUT2D eigenvalue weighted by molar-refractivity contribution is 7.22. The highest BCUT2D eigenvalue weighted by Crippen LogP contribution is 2.46. The van der Waals surface area contributed by atoms with Crippen LogP contribution in [0.5, 0.6) is 17.2 Å². The summed E-state index contributed by atoms with van der Waals surface area (Å²) in [5.41, 5.74) is 1.22. The van der Waals surface area contributed by atoms with Gasteiger partial charge in [0.2, 0.25) is 0 Å². The standard InChI is InChI=1S/C33H33FN2O6S/c1-4-7-8-17-42-25-16-11-21(18-26(25)41-6-3)29-28(30(37)20-9-12-22(34)13-10-20)31(38)32(39)36(29)33-35-24-15-14-23(40-5-2)19-27(24)43-33/h9-16,18-19,29,37H,4-8,17H2,1-3H3/b30-28+. The SMILES string of the molecule is CCCCCOc1ccc(C2/C(=C(\O)c3ccc(F)cc3)C(=O)C(=O)N2c2nc3ccc(OCC)cc3s2)cc1OCC. The molecule has 1 saturated heterocycles. The fraction of sp³-hybridized carbons (Fsp3) is 0.303. The molecule has 8 nitrogen and oxygen atoms in total. The summed E-state index contributed by atoms with van der Waals surface area (Å²) in [5, 5.41) is 11.7. The van der Waals surface area contributed by atoms with Crippen molar-refractivity contribution in [2.75, 3.05) is 24.7 Å². The van der Waals surface area contributed by atoms with Crippen LogP contribution in [-0.4, -0.2) is 41.6 Å². The summed E-state index contributed by atoms with van der Waals surface area (Å²) in [5.74, 6) is -0.963. The number of carbonyl (C=O) groups excluding carboxylic acids is 2. The first-order valence-corrected chi connectivity index (χ1v) is 15.2. The Morgan fingerprint density at radius 3 is 2.42 bits per heavy atom. The van der Waals surface area contributed by atoms with Gasteiger partial charge in [0.1, 0.15) is 17.3 Å². The minimum atomic E-state index is -1.04. The number of aliphatic hydroxyl groups is 1. The Kier molecular flexibility index (Phi) is 9.25. The molecular weight excluding hydrogens is 571 g/mol. The number of aromatic nitrogens is 1. The minimum absolute atomic E-state index is 0.134. The Hall–Kier alpha value is -4.44. The lowest BCUT2D eigenvalue weighted by Gasteiger charge is -2.24. The summed E-state index contributed by atoms with van der Waals surface area (Å²) >= 11 is 1.24. The lowest BCUT2D eigenvalue weighted by atomic mass is 9.95. The number of hydrogen-bond acceptors (Lipinski definition) is 8. The first-order chi connectivity index (χ1) is 20.9. The van der Waals surface area contributed by atoms with Crippen LogP contribution in [0.1, 0.15) is 57.2 Å². The molecule has 2 heterocycles. The number of Topliss-reactive ketones (excluding diaryl/α,β-unsaturated/α-hetero) is 1. The molecule has 0 radical (unpaired) electrons. The third-order valence-corrected chi connectivity index (χ3v) is 8.03. The molecule has 1 aromatic heterocycles. The summed E-state index contributed by atoms with van der Waals surface area (Å²) in [6.45, 7) is 7.24. The second-order valence-electron chi connectivity index (χ2n) is 9.93. The van der Waals surface area contributed by atoms with Gasteiger partial charge in [0.05, 0.1) is 41.7 Å². The van der Waals surface area contributed by atoms with Crippen LogP contribution < -0.4 is 19.1 Å². The van der Waals surface area contributed by atoms with Gasteiger partial charge in [0, 0.05) is 5.56 Å². The number of aliphatic hydroxyl groups excluding tert-OH is 1. The molecule has 1 amide bonds. The maximum absolute atomic E-state index is 13.7. The van der Waals surface area contributed by atoms with E-state index in [2.05, 4.69) is 11.9 Å². The Bertz CT molecular complexity index is 1670. The zero-order valence-corrected chi connectivity index (χ0v) is 25.1. The lowest BCUT2D eigenvalue weighted by Crippen LogP contribution is -2.29. The average Bonchev–Trinajstić information content (AvgIpc) is 3.53. The van der Waals surface area contributed by atoms with Gasteiger partial charge < -0.3 is 19.3 Å². The quantitative estimate of drug-likeness (QED) is 0.0777. The van der Waals surface area contributed by atoms with Crippen LogP contribution >= 0.6 is 11.3 Å². The van der Waals surface area contributed by atoms with Gasteiger partial charge >= 0.3 is 5.91 Å². The first-order valence-electron chi connectivity index (χ1n) is 14.4. The second kappa shape index (κ2) is 13.2. The molecule has 0 bridgehead atoms. The van der Waals surface area contributed by atoms with E-state index in [1.807, 2.05) is 19.9 Å². The van der Waals surface area contributed by atoms with E-state index in [-0.39, 0.29) is 16.3 Å². The van der Waals surface area contributed by atoms with Gasteiger partial charge in [-0.05, 0) is 80.4 Å². The third kappa shape index (κ3) is 6.19. The molecule has 0 aliphatic carbocycles. The van der Waals surface area contributed by atoms with Gasteiger partial charge in [-0.2, -0.15) is 0 Å². The van der Waals surface area contributed by atoms with Gasteiger partial charge in [0.25, 0.3) is 5.78 Å². The number of halogens is 1. The maximum atomic E-state index is 13.7. The Labute approximate surface area is 253 Å². The van der Waals surface area contributed by atoms with E-state index < -0.39 is 29.3 Å². The molecule has 3 aromatic carbocycles. The number of hydrogen-bond donors (Lipinski definition) is 1. The number of benzene rings is 3. The second-order valence-corrected chi connectivity index (χ2v) is 10.9. The smallest absolute Gasteiger partial charge is 0.301 e. The number of nitrogens with zero attached hydrogens (tertiary/aromatic N) is 2. The number of unbranched alkanes of at least 4 members (excludes halogenated alkanes) is 2. The van der Waals surface area contributed by atoms with Gasteiger partial charge in [-0.3, -0.25) is 14.5 Å². The summed E-state index contributed by atoms with van der Waals surface area (Å²) in [7, 11) is 0. The third-order valence-electron chi connectivity index (χ3n) is 7.02. The van der Waals surface area contributed by atoms with Crippen LogP contribution in [0.3, 0.4) is 0 Å². The topological polar surface area (TPSA) is 98.2 Å². The summed E-state index contributed by atoms with van der Waals surface area (Å²) in [6.07, 6.45) is 2.99. The highest BCUT2D eigenvalue weighted by atomic mass is 32.1. The molecule has 1 aliphatic heterocycles. The van der Waals surface area contributed by atoms with E-state index in [1.54, 1.807) is 30.3 Å². The molecule has 43 heavy (non-hydrogen) atoms. The number of ether oxygens (including phenoxy) is 3. The van der Waals surface area contributed by atoms with Crippen molar-refractivity contribution < 1.29 is 33.3 Å². The van der Waals surface area contributed by atoms with Crippen molar-refractivity contribution in [1.29, 1.82) is 0 Å². The molecule has 5 rings (SSSR count). The molecule has 1 aliphatic rings. The maximum Gasteiger partial charge on any atom is 0.301 e. The van der Waals surface area contributed by atoms with Crippen molar-refractivity contribution in [2.45, 2.75) is 46.1 Å². The van der Waals surface area contributed by atoms with Crippen LogP contribution in [0.25, 0.3) is 16.0 Å². The van der Waals surface area contributed by atoms with Gasteiger partial charge in [-0.25, -0.2) is 9.37 Å². The number of anilines is 1. The van der Waals surface area contributed by atoms with Crippen LogP contribution in [-0.2, 0) is 9.59 Å². The number of ketones is 1. The molecule has 4 aromatic rings. The molecule has 224 valence electrons. The molecule has 1 unspecified atom stereocenters. The van der Waals surface area contributed by atoms with E-state index >= 15 is 0 Å². The summed E-state index contributed by atoms with van der Waals surface area (Å²) in [6, 6.07) is 14.7. The van der Waals surface area contributed by atoms with E-state index in [0.717, 1.165) is 24.0 Å². The molecule has 1 fully saturated rings. The highest BCUT2D eigenvalue weighted by Gasteiger charge is 2.48. The molecular formula is C33H33FN2O6S. The van der Waals surface area contributed by atoms with Crippen molar-refractivity contribution in [2.24, 2.45) is 0 Å². The van der Waals surface area contributed by atoms with E-state index in [4.69, 9.17) is 14.2 Å². The molecule has 1 N–H and O–H groups in total. The van der Waals surface area contributed by atoms with Crippen LogP contribution in [0.2, 0.25) is 0 Å². The van der Waals surface area contributed by atoms with Crippen LogP contribution in [0, 0.1) is 5.82 Å². The molecule has 1 atom stereocenters. The van der Waals surface area contributed by atoms with Crippen LogP contribution in [0.15, 0.2) is 66.2 Å². The number of carbonyl (C=O) groups is 2. The van der Waals surface area contributed by atoms with Gasteiger partial charge in [0.15, 0.2) is 16.6 Å². The first kappa shape index (κ1) is 30.0. The Morgan fingerprint density at radius 1 is 0.930 bits per heavy atom. The largest absolute Gasteiger partial charge is 0.507 e. The summed E-state index contributed by atoms with van der Waals surface area (Å²) < 4.78 is 32.0. The lowest BCUT2D eigenvalue weighted by molar-refractivity contribution is -0.132. The van der Waals surface area contributed by atoms with E-state index in [1.165, 1.54) is 40.5 Å². The average molecular weight is 605 g/mol. The monoisotopic (exact) mass is 604 g/mol. The van der Waals surface area contributed by atoms with E-state index in [9.17, 15) is 19.1 Å². The fourth-order valence-corrected chi connectivity index (χ4v) is 6.00. The summed E-state index contributed by atoms with van der Waals surface area (Å²) in [4.78, 5) is 33.3.